The quantitative estimate of drug-likeness (QED) is 0.319. The van der Waals surface area contributed by atoms with Gasteiger partial charge in [0.1, 0.15) is 11.2 Å². The Kier molecular flexibility index (Phi) is 12.9. The fraction of sp³-hybridized carbons (Fsp3) is 0.742. The monoisotopic (exact) mass is 729 g/mol. The number of fused-ring (bicyclic) bond motifs is 2. The number of carbonyl (C=O) groups is 2. The van der Waals surface area contributed by atoms with Crippen molar-refractivity contribution < 1.29 is 28.5 Å². The summed E-state index contributed by atoms with van der Waals surface area (Å²) >= 11 is 6.65. The summed E-state index contributed by atoms with van der Waals surface area (Å²) in [5.74, 6) is 0. The number of hydrogen-bond donors (Lipinski definition) is 0. The number of nitrogens with zero attached hydrogens (tertiary/aromatic N) is 5. The van der Waals surface area contributed by atoms with Gasteiger partial charge in [0.2, 0.25) is 0 Å². The Morgan fingerprint density at radius 3 is 1.67 bits per heavy atom. The Morgan fingerprint density at radius 2 is 1.20 bits per heavy atom. The molecule has 0 aliphatic carbocycles. The molecule has 6 heterocycles. The first-order valence-electron chi connectivity index (χ1n) is 15.8. The van der Waals surface area contributed by atoms with E-state index in [0.29, 0.717) is 26.2 Å². The fourth-order valence-electron chi connectivity index (χ4n) is 4.89. The number of halogens is 1. The number of aromatic nitrogens is 2. The summed E-state index contributed by atoms with van der Waals surface area (Å²) in [6, 6.07) is 0. The standard InChI is InChI=1S/C15H23N3O3S.C11H15BrN2O2S.C5H10O/c1-15(2,3)21-14(19)18-5-4-11-12(10-18)22-13(16-11)17-6-8-20-9-7-17;1-11(2,3)16-10(15)14-5-4-7-8(6-14)17-9(12)13-7;1-2-4-6-5-3-1/h4-10H2,1-3H3;4-6H2,1-3H3;1-5H2. The number of carbonyl (C=O) groups excluding carboxylic acids is 2. The molecule has 45 heavy (non-hydrogen) atoms. The van der Waals surface area contributed by atoms with Gasteiger partial charge in [-0.15, -0.1) is 11.3 Å². The third-order valence-corrected chi connectivity index (χ3v) is 9.76. The van der Waals surface area contributed by atoms with Gasteiger partial charge < -0.3 is 33.6 Å². The van der Waals surface area contributed by atoms with Crippen LogP contribution in [0, 0.1) is 0 Å². The molecule has 2 aromatic rings. The van der Waals surface area contributed by atoms with E-state index in [1.165, 1.54) is 24.1 Å². The second-order valence-electron chi connectivity index (χ2n) is 13.3. The molecule has 0 N–H and O–H groups in total. The molecule has 2 aromatic heterocycles. The molecule has 2 fully saturated rings. The zero-order valence-corrected chi connectivity index (χ0v) is 30.7. The summed E-state index contributed by atoms with van der Waals surface area (Å²) in [5, 5.41) is 1.05. The van der Waals surface area contributed by atoms with Crippen LogP contribution in [0.5, 0.6) is 0 Å². The van der Waals surface area contributed by atoms with Crippen LogP contribution in [-0.4, -0.2) is 95.8 Å². The SMILES string of the molecule is C1CCOCC1.CC(C)(C)OC(=O)N1CCc2nc(Br)sc2C1.CC(C)(C)OC(=O)N1CCc2nc(N3CCOCC3)sc2C1. The average molecular weight is 731 g/mol. The summed E-state index contributed by atoms with van der Waals surface area (Å²) in [7, 11) is 0. The molecule has 6 rings (SSSR count). The molecule has 2 amide bonds. The van der Waals surface area contributed by atoms with E-state index in [1.54, 1.807) is 32.5 Å². The van der Waals surface area contributed by atoms with Crippen molar-refractivity contribution in [1.29, 1.82) is 0 Å². The first kappa shape index (κ1) is 35.8. The lowest BCUT2D eigenvalue weighted by Crippen LogP contribution is -2.39. The lowest BCUT2D eigenvalue weighted by atomic mass is 10.2. The molecule has 0 bridgehead atoms. The first-order chi connectivity index (χ1) is 21.3. The average Bonchev–Trinajstić information content (AvgIpc) is 3.59. The number of thiazole rings is 2. The van der Waals surface area contributed by atoms with E-state index in [9.17, 15) is 9.59 Å². The normalized spacial score (nSPS) is 18.4. The molecule has 0 spiro atoms. The molecule has 2 saturated heterocycles. The van der Waals surface area contributed by atoms with E-state index in [1.807, 2.05) is 41.5 Å². The first-order valence-corrected chi connectivity index (χ1v) is 18.2. The predicted molar refractivity (Wildman–Crippen MR) is 180 cm³/mol. The molecule has 14 heteroatoms. The summed E-state index contributed by atoms with van der Waals surface area (Å²) in [4.78, 5) is 41.3. The Hall–Kier alpha value is -2.00. The van der Waals surface area contributed by atoms with E-state index in [-0.39, 0.29) is 12.2 Å². The van der Waals surface area contributed by atoms with Crippen molar-refractivity contribution in [2.24, 2.45) is 0 Å². The maximum atomic E-state index is 12.2. The molecule has 0 radical (unpaired) electrons. The predicted octanol–water partition coefficient (Wildman–Crippen LogP) is 6.66. The largest absolute Gasteiger partial charge is 0.444 e. The number of anilines is 1. The van der Waals surface area contributed by atoms with Crippen molar-refractivity contribution in [2.75, 3.05) is 57.5 Å². The van der Waals surface area contributed by atoms with E-state index in [4.69, 9.17) is 23.9 Å². The van der Waals surface area contributed by atoms with Gasteiger partial charge in [0.15, 0.2) is 9.05 Å². The van der Waals surface area contributed by atoms with Crippen LogP contribution in [0.25, 0.3) is 0 Å². The Bertz CT molecular complexity index is 1250. The third kappa shape index (κ3) is 11.6. The molecule has 4 aliphatic heterocycles. The molecule has 0 aromatic carbocycles. The summed E-state index contributed by atoms with van der Waals surface area (Å²) in [6.07, 6.45) is 5.05. The van der Waals surface area contributed by atoms with Gasteiger partial charge in [0.05, 0.1) is 37.7 Å². The van der Waals surface area contributed by atoms with E-state index in [2.05, 4.69) is 25.8 Å². The van der Waals surface area contributed by atoms with Gasteiger partial charge in [0.25, 0.3) is 0 Å². The van der Waals surface area contributed by atoms with Crippen LogP contribution in [-0.2, 0) is 44.9 Å². The van der Waals surface area contributed by atoms with Gasteiger partial charge in [0, 0.05) is 62.0 Å². The molecular formula is C31H48BrN5O6S2. The molecule has 0 atom stereocenters. The smallest absolute Gasteiger partial charge is 0.410 e. The van der Waals surface area contributed by atoms with Crippen LogP contribution in [0.15, 0.2) is 3.92 Å². The number of morpholine rings is 1. The topological polar surface area (TPSA) is 107 Å². The van der Waals surface area contributed by atoms with Gasteiger partial charge in [-0.2, -0.15) is 0 Å². The maximum absolute atomic E-state index is 12.2. The zero-order chi connectivity index (χ0) is 32.6. The highest BCUT2D eigenvalue weighted by Gasteiger charge is 2.29. The molecular weight excluding hydrogens is 682 g/mol. The Labute approximate surface area is 283 Å². The number of ether oxygens (including phenoxy) is 4. The summed E-state index contributed by atoms with van der Waals surface area (Å²) in [5.41, 5.74) is 1.34. The molecule has 4 aliphatic rings. The van der Waals surface area contributed by atoms with Gasteiger partial charge in [-0.05, 0) is 76.7 Å². The van der Waals surface area contributed by atoms with Crippen molar-refractivity contribution >= 4 is 55.9 Å². The lowest BCUT2D eigenvalue weighted by molar-refractivity contribution is 0.0215. The third-order valence-electron chi connectivity index (χ3n) is 7.09. The van der Waals surface area contributed by atoms with Crippen LogP contribution in [0.2, 0.25) is 0 Å². The number of hydrogen-bond acceptors (Lipinski definition) is 11. The van der Waals surface area contributed by atoms with Crippen molar-refractivity contribution in [1.82, 2.24) is 19.8 Å². The molecule has 11 nitrogen and oxygen atoms in total. The molecule has 252 valence electrons. The highest BCUT2D eigenvalue weighted by Crippen LogP contribution is 2.32. The van der Waals surface area contributed by atoms with E-state index >= 15 is 0 Å². The van der Waals surface area contributed by atoms with Gasteiger partial charge >= 0.3 is 12.2 Å². The van der Waals surface area contributed by atoms with Crippen LogP contribution in [0.3, 0.4) is 0 Å². The fourth-order valence-corrected chi connectivity index (χ4v) is 7.71. The second-order valence-corrected chi connectivity index (χ2v) is 16.7. The molecule has 0 saturated carbocycles. The minimum Gasteiger partial charge on any atom is -0.444 e. The highest BCUT2D eigenvalue weighted by molar-refractivity contribution is 9.11. The zero-order valence-electron chi connectivity index (χ0n) is 27.5. The van der Waals surface area contributed by atoms with Crippen molar-refractivity contribution in [3.8, 4) is 0 Å². The van der Waals surface area contributed by atoms with Crippen molar-refractivity contribution in [3.63, 3.8) is 0 Å². The molecule has 0 unspecified atom stereocenters. The summed E-state index contributed by atoms with van der Waals surface area (Å²) in [6.45, 7) is 19.2. The highest BCUT2D eigenvalue weighted by atomic mass is 79.9. The van der Waals surface area contributed by atoms with Crippen LogP contribution in [0.1, 0.15) is 81.9 Å². The number of rotatable bonds is 1. The second kappa shape index (κ2) is 16.2. The van der Waals surface area contributed by atoms with Crippen molar-refractivity contribution in [2.45, 2.75) is 97.9 Å². The summed E-state index contributed by atoms with van der Waals surface area (Å²) < 4.78 is 22.2. The van der Waals surface area contributed by atoms with Gasteiger partial charge in [-0.3, -0.25) is 0 Å². The lowest BCUT2D eigenvalue weighted by Gasteiger charge is -2.29. The van der Waals surface area contributed by atoms with E-state index < -0.39 is 11.2 Å². The Balaban J connectivity index is 0.000000177. The van der Waals surface area contributed by atoms with Gasteiger partial charge in [-0.25, -0.2) is 19.6 Å². The Morgan fingerprint density at radius 1 is 0.711 bits per heavy atom. The maximum Gasteiger partial charge on any atom is 0.410 e. The van der Waals surface area contributed by atoms with Gasteiger partial charge in [-0.1, -0.05) is 11.3 Å². The van der Waals surface area contributed by atoms with Crippen LogP contribution >= 0.6 is 38.6 Å². The number of amides is 2. The van der Waals surface area contributed by atoms with Crippen molar-refractivity contribution in [3.05, 3.63) is 25.1 Å². The minimum absolute atomic E-state index is 0.237. The van der Waals surface area contributed by atoms with Crippen LogP contribution < -0.4 is 4.90 Å². The van der Waals surface area contributed by atoms with Crippen LogP contribution in [0.4, 0.5) is 14.7 Å². The van der Waals surface area contributed by atoms with E-state index in [0.717, 1.165) is 77.7 Å². The minimum atomic E-state index is -0.454.